The quantitative estimate of drug-likeness (QED) is 0.790. The fourth-order valence-electron chi connectivity index (χ4n) is 3.29. The standard InChI is InChI=1S/C16H24F2N6O/c1-12-13(15(25-3)21(2)20-12)10-22-6-8-23(9-7-22)11-14-19-4-5-24(14)16(17)18/h4-5,16H,6-11H2,1-3H3. The lowest BCUT2D eigenvalue weighted by atomic mass is 10.2. The summed E-state index contributed by atoms with van der Waals surface area (Å²) in [6.07, 6.45) is 2.75. The van der Waals surface area contributed by atoms with Crippen molar-refractivity contribution in [3.05, 3.63) is 29.5 Å². The summed E-state index contributed by atoms with van der Waals surface area (Å²) in [5.74, 6) is 1.20. The van der Waals surface area contributed by atoms with E-state index >= 15 is 0 Å². The van der Waals surface area contributed by atoms with Crippen molar-refractivity contribution < 1.29 is 13.5 Å². The van der Waals surface area contributed by atoms with Crippen molar-refractivity contribution in [2.75, 3.05) is 33.3 Å². The summed E-state index contributed by atoms with van der Waals surface area (Å²) in [4.78, 5) is 8.55. The van der Waals surface area contributed by atoms with Crippen molar-refractivity contribution in [3.8, 4) is 5.88 Å². The molecule has 1 aliphatic rings. The minimum absolute atomic E-state index is 0.410. The van der Waals surface area contributed by atoms with Crippen LogP contribution in [-0.2, 0) is 20.1 Å². The minimum atomic E-state index is -2.54. The van der Waals surface area contributed by atoms with E-state index in [2.05, 4.69) is 19.9 Å². The zero-order valence-electron chi connectivity index (χ0n) is 14.8. The summed E-state index contributed by atoms with van der Waals surface area (Å²) < 4.78 is 33.9. The van der Waals surface area contributed by atoms with Gasteiger partial charge in [0.25, 0.3) is 0 Å². The molecule has 3 rings (SSSR count). The number of aryl methyl sites for hydroxylation is 2. The maximum Gasteiger partial charge on any atom is 0.319 e. The fraction of sp³-hybridized carbons (Fsp3) is 0.625. The molecule has 1 fully saturated rings. The Balaban J connectivity index is 1.56. The minimum Gasteiger partial charge on any atom is -0.481 e. The lowest BCUT2D eigenvalue weighted by Gasteiger charge is -2.34. The third kappa shape index (κ3) is 3.82. The number of alkyl halides is 2. The van der Waals surface area contributed by atoms with Crippen molar-refractivity contribution in [3.63, 3.8) is 0 Å². The second kappa shape index (κ2) is 7.49. The molecular formula is C16H24F2N6O. The van der Waals surface area contributed by atoms with Crippen molar-refractivity contribution in [2.24, 2.45) is 7.05 Å². The first-order valence-corrected chi connectivity index (χ1v) is 8.30. The van der Waals surface area contributed by atoms with E-state index in [4.69, 9.17) is 4.74 Å². The average Bonchev–Trinajstić information content (AvgIpc) is 3.14. The summed E-state index contributed by atoms with van der Waals surface area (Å²) >= 11 is 0. The Labute approximate surface area is 145 Å². The highest BCUT2D eigenvalue weighted by Gasteiger charge is 2.23. The number of aromatic nitrogens is 4. The molecule has 0 atom stereocenters. The van der Waals surface area contributed by atoms with Gasteiger partial charge in [-0.1, -0.05) is 0 Å². The molecule has 0 aliphatic carbocycles. The van der Waals surface area contributed by atoms with E-state index in [1.165, 1.54) is 12.4 Å². The predicted octanol–water partition coefficient (Wildman–Crippen LogP) is 1.65. The molecule has 0 aromatic carbocycles. The van der Waals surface area contributed by atoms with E-state index in [0.29, 0.717) is 12.4 Å². The third-order valence-electron chi connectivity index (χ3n) is 4.65. The molecule has 1 saturated heterocycles. The van der Waals surface area contributed by atoms with Crippen LogP contribution in [0.3, 0.4) is 0 Å². The van der Waals surface area contributed by atoms with Gasteiger partial charge in [-0.3, -0.25) is 14.4 Å². The molecule has 7 nitrogen and oxygen atoms in total. The normalized spacial score (nSPS) is 16.7. The molecule has 25 heavy (non-hydrogen) atoms. The molecule has 9 heteroatoms. The van der Waals surface area contributed by atoms with Crippen LogP contribution in [0.5, 0.6) is 5.88 Å². The van der Waals surface area contributed by atoms with Crippen LogP contribution in [0.25, 0.3) is 0 Å². The van der Waals surface area contributed by atoms with E-state index in [1.807, 2.05) is 14.0 Å². The Morgan fingerprint density at radius 2 is 1.80 bits per heavy atom. The fourth-order valence-corrected chi connectivity index (χ4v) is 3.29. The van der Waals surface area contributed by atoms with Crippen LogP contribution in [0, 0.1) is 6.92 Å². The van der Waals surface area contributed by atoms with Crippen molar-refractivity contribution >= 4 is 0 Å². The number of imidazole rings is 1. The Bertz CT molecular complexity index is 706. The lowest BCUT2D eigenvalue weighted by Crippen LogP contribution is -2.45. The number of halogens is 2. The van der Waals surface area contributed by atoms with Gasteiger partial charge in [0.15, 0.2) is 0 Å². The van der Waals surface area contributed by atoms with Gasteiger partial charge in [-0.05, 0) is 6.92 Å². The number of nitrogens with zero attached hydrogens (tertiary/aromatic N) is 6. The third-order valence-corrected chi connectivity index (χ3v) is 4.65. The second-order valence-electron chi connectivity index (χ2n) is 6.28. The van der Waals surface area contributed by atoms with Gasteiger partial charge in [-0.25, -0.2) is 9.67 Å². The number of hydrogen-bond donors (Lipinski definition) is 0. The smallest absolute Gasteiger partial charge is 0.319 e. The van der Waals surface area contributed by atoms with E-state index < -0.39 is 6.55 Å². The first kappa shape index (κ1) is 17.8. The molecule has 0 spiro atoms. The van der Waals surface area contributed by atoms with Crippen LogP contribution in [-0.4, -0.2) is 62.4 Å². The van der Waals surface area contributed by atoms with Gasteiger partial charge >= 0.3 is 6.55 Å². The van der Waals surface area contributed by atoms with Crippen LogP contribution in [0.1, 0.15) is 23.6 Å². The number of hydrogen-bond acceptors (Lipinski definition) is 5. The Hall–Kier alpha value is -2.00. The maximum atomic E-state index is 12.9. The molecule has 0 amide bonds. The first-order valence-electron chi connectivity index (χ1n) is 8.30. The highest BCUT2D eigenvalue weighted by molar-refractivity contribution is 5.30. The van der Waals surface area contributed by atoms with Gasteiger partial charge in [-0.15, -0.1) is 0 Å². The molecule has 0 radical (unpaired) electrons. The highest BCUT2D eigenvalue weighted by Crippen LogP contribution is 2.23. The molecule has 1 aliphatic heterocycles. The first-order chi connectivity index (χ1) is 12.0. The highest BCUT2D eigenvalue weighted by atomic mass is 19.3. The molecule has 2 aromatic heterocycles. The Morgan fingerprint density at radius 1 is 1.16 bits per heavy atom. The van der Waals surface area contributed by atoms with Crippen molar-refractivity contribution in [1.29, 1.82) is 0 Å². The largest absolute Gasteiger partial charge is 0.481 e. The summed E-state index contributed by atoms with van der Waals surface area (Å²) in [5.41, 5.74) is 2.08. The van der Waals surface area contributed by atoms with E-state index in [1.54, 1.807) is 11.8 Å². The molecule has 0 N–H and O–H groups in total. The van der Waals surface area contributed by atoms with Gasteiger partial charge in [0.2, 0.25) is 5.88 Å². The van der Waals surface area contributed by atoms with Gasteiger partial charge in [0, 0.05) is 52.2 Å². The van der Waals surface area contributed by atoms with Gasteiger partial charge in [0.05, 0.1) is 24.9 Å². The van der Waals surface area contributed by atoms with E-state index in [9.17, 15) is 8.78 Å². The molecule has 0 bridgehead atoms. The summed E-state index contributed by atoms with van der Waals surface area (Å²) in [6, 6.07) is 0. The number of ether oxygens (including phenoxy) is 1. The summed E-state index contributed by atoms with van der Waals surface area (Å²) in [7, 11) is 3.53. The SMILES string of the molecule is COc1c(CN2CCN(Cc3nccn3C(F)F)CC2)c(C)nn1C. The number of piperazine rings is 1. The molecule has 0 saturated carbocycles. The number of rotatable bonds is 6. The monoisotopic (exact) mass is 354 g/mol. The number of methoxy groups -OCH3 is 1. The van der Waals surface area contributed by atoms with Crippen LogP contribution in [0.4, 0.5) is 8.78 Å². The molecule has 0 unspecified atom stereocenters. The molecule has 3 heterocycles. The van der Waals surface area contributed by atoms with E-state index in [0.717, 1.165) is 54.4 Å². The van der Waals surface area contributed by atoms with Crippen LogP contribution in [0.2, 0.25) is 0 Å². The molecule has 138 valence electrons. The second-order valence-corrected chi connectivity index (χ2v) is 6.28. The zero-order chi connectivity index (χ0) is 18.0. The molecular weight excluding hydrogens is 330 g/mol. The Morgan fingerprint density at radius 3 is 2.40 bits per heavy atom. The van der Waals surface area contributed by atoms with Crippen LogP contribution < -0.4 is 4.74 Å². The van der Waals surface area contributed by atoms with Crippen molar-refractivity contribution in [2.45, 2.75) is 26.6 Å². The van der Waals surface area contributed by atoms with Crippen molar-refractivity contribution in [1.82, 2.24) is 29.1 Å². The van der Waals surface area contributed by atoms with Crippen LogP contribution >= 0.6 is 0 Å². The summed E-state index contributed by atoms with van der Waals surface area (Å²) in [5, 5.41) is 4.41. The predicted molar refractivity (Wildman–Crippen MR) is 88.5 cm³/mol. The van der Waals surface area contributed by atoms with Gasteiger partial charge < -0.3 is 4.74 Å². The summed E-state index contributed by atoms with van der Waals surface area (Å²) in [6.45, 7) is 4.04. The van der Waals surface area contributed by atoms with Gasteiger partial charge in [-0.2, -0.15) is 13.9 Å². The Kier molecular flexibility index (Phi) is 5.33. The average molecular weight is 354 g/mol. The lowest BCUT2D eigenvalue weighted by molar-refractivity contribution is 0.0602. The molecule has 2 aromatic rings. The zero-order valence-corrected chi connectivity index (χ0v) is 14.8. The maximum absolute atomic E-state index is 12.9. The van der Waals surface area contributed by atoms with Gasteiger partial charge in [0.1, 0.15) is 5.82 Å². The van der Waals surface area contributed by atoms with E-state index in [-0.39, 0.29) is 0 Å². The van der Waals surface area contributed by atoms with Crippen LogP contribution in [0.15, 0.2) is 12.4 Å². The topological polar surface area (TPSA) is 51.4 Å².